The maximum absolute atomic E-state index is 10.6. The van der Waals surface area contributed by atoms with Gasteiger partial charge in [0.1, 0.15) is 35.9 Å². The summed E-state index contributed by atoms with van der Waals surface area (Å²) in [7, 11) is 1.58. The molecule has 2 aliphatic rings. The molecule has 0 radical (unpaired) electrons. The molecule has 2 heterocycles. The van der Waals surface area contributed by atoms with Gasteiger partial charge in [-0.2, -0.15) is 0 Å². The zero-order valence-corrected chi connectivity index (χ0v) is 14.8. The van der Waals surface area contributed by atoms with Crippen LogP contribution in [0.3, 0.4) is 0 Å². The van der Waals surface area contributed by atoms with Crippen LogP contribution in [0.5, 0.6) is 11.5 Å². The molecule has 0 aromatic heterocycles. The van der Waals surface area contributed by atoms with Crippen LogP contribution in [0.25, 0.3) is 0 Å². The summed E-state index contributed by atoms with van der Waals surface area (Å²) >= 11 is 0. The molecule has 4 rings (SSSR count). The van der Waals surface area contributed by atoms with E-state index in [1.807, 2.05) is 30.3 Å². The van der Waals surface area contributed by atoms with Crippen LogP contribution in [0.2, 0.25) is 0 Å². The standard InChI is InChI=1S/C20H22O7/c1-23-13-7-9-14(10-8-13)25-20-17(22)16(21)18-15(26-20)11-24-19(27-18)12-5-3-2-4-6-12/h2-10,15-22H,11H2,1H3. The highest BCUT2D eigenvalue weighted by Gasteiger charge is 2.49. The molecule has 6 atom stereocenters. The summed E-state index contributed by atoms with van der Waals surface area (Å²) in [6, 6.07) is 16.3. The van der Waals surface area contributed by atoms with Gasteiger partial charge in [-0.3, -0.25) is 0 Å². The molecule has 0 aliphatic carbocycles. The minimum Gasteiger partial charge on any atom is -0.497 e. The zero-order valence-electron chi connectivity index (χ0n) is 14.8. The smallest absolute Gasteiger partial charge is 0.229 e. The molecule has 0 bridgehead atoms. The van der Waals surface area contributed by atoms with Crippen molar-refractivity contribution in [2.24, 2.45) is 0 Å². The van der Waals surface area contributed by atoms with Gasteiger partial charge in [-0.15, -0.1) is 0 Å². The first-order valence-corrected chi connectivity index (χ1v) is 8.80. The van der Waals surface area contributed by atoms with Crippen molar-refractivity contribution < 1.29 is 33.9 Å². The lowest BCUT2D eigenvalue weighted by atomic mass is 9.98. The van der Waals surface area contributed by atoms with Crippen molar-refractivity contribution in [2.75, 3.05) is 13.7 Å². The normalized spacial score (nSPS) is 33.1. The van der Waals surface area contributed by atoms with E-state index in [4.69, 9.17) is 23.7 Å². The van der Waals surface area contributed by atoms with E-state index in [9.17, 15) is 10.2 Å². The molecule has 7 heteroatoms. The van der Waals surface area contributed by atoms with Crippen molar-refractivity contribution in [2.45, 2.75) is 37.0 Å². The second-order valence-electron chi connectivity index (χ2n) is 6.49. The Labute approximate surface area is 157 Å². The second-order valence-corrected chi connectivity index (χ2v) is 6.49. The Kier molecular flexibility index (Phi) is 5.29. The van der Waals surface area contributed by atoms with Gasteiger partial charge in [-0.25, -0.2) is 0 Å². The van der Waals surface area contributed by atoms with Crippen LogP contribution in [-0.2, 0) is 14.2 Å². The highest BCUT2D eigenvalue weighted by molar-refractivity contribution is 5.31. The van der Waals surface area contributed by atoms with Crippen LogP contribution in [0.4, 0.5) is 0 Å². The van der Waals surface area contributed by atoms with E-state index >= 15 is 0 Å². The first kappa shape index (κ1) is 18.2. The fourth-order valence-corrected chi connectivity index (χ4v) is 3.24. The van der Waals surface area contributed by atoms with Crippen molar-refractivity contribution >= 4 is 0 Å². The summed E-state index contributed by atoms with van der Waals surface area (Å²) in [4.78, 5) is 0. The molecule has 2 aromatic rings. The predicted octanol–water partition coefficient (Wildman–Crippen LogP) is 1.63. The molecule has 27 heavy (non-hydrogen) atoms. The second kappa shape index (κ2) is 7.84. The monoisotopic (exact) mass is 374 g/mol. The summed E-state index contributed by atoms with van der Waals surface area (Å²) in [5.41, 5.74) is 0.842. The maximum Gasteiger partial charge on any atom is 0.229 e. The number of methoxy groups -OCH3 is 1. The molecular formula is C20H22O7. The Morgan fingerprint density at radius 3 is 2.30 bits per heavy atom. The van der Waals surface area contributed by atoms with Crippen molar-refractivity contribution in [1.82, 2.24) is 0 Å². The molecule has 0 amide bonds. The number of ether oxygens (including phenoxy) is 5. The van der Waals surface area contributed by atoms with E-state index in [0.29, 0.717) is 11.5 Å². The van der Waals surface area contributed by atoms with E-state index < -0.39 is 37.0 Å². The number of hydrogen-bond acceptors (Lipinski definition) is 7. The molecule has 6 unspecified atom stereocenters. The molecule has 144 valence electrons. The van der Waals surface area contributed by atoms with Crippen LogP contribution in [0, 0.1) is 0 Å². The van der Waals surface area contributed by atoms with Crippen LogP contribution in [0.1, 0.15) is 11.9 Å². The van der Waals surface area contributed by atoms with Crippen LogP contribution >= 0.6 is 0 Å². The third-order valence-corrected chi connectivity index (χ3v) is 4.72. The molecule has 7 nitrogen and oxygen atoms in total. The Bertz CT molecular complexity index is 734. The van der Waals surface area contributed by atoms with Gasteiger partial charge < -0.3 is 33.9 Å². The average Bonchev–Trinajstić information content (AvgIpc) is 2.73. The van der Waals surface area contributed by atoms with Gasteiger partial charge in [-0.05, 0) is 24.3 Å². The Morgan fingerprint density at radius 2 is 1.59 bits per heavy atom. The van der Waals surface area contributed by atoms with E-state index in [-0.39, 0.29) is 6.61 Å². The van der Waals surface area contributed by atoms with Crippen LogP contribution in [-0.4, -0.2) is 54.6 Å². The van der Waals surface area contributed by atoms with Crippen LogP contribution < -0.4 is 9.47 Å². The third kappa shape index (κ3) is 3.78. The molecule has 0 spiro atoms. The summed E-state index contributed by atoms with van der Waals surface area (Å²) in [5, 5.41) is 21.0. The van der Waals surface area contributed by atoms with Gasteiger partial charge in [0.25, 0.3) is 0 Å². The first-order valence-electron chi connectivity index (χ1n) is 8.80. The fraction of sp³-hybridized carbons (Fsp3) is 0.400. The van der Waals surface area contributed by atoms with Gasteiger partial charge in [0.05, 0.1) is 13.7 Å². The molecule has 0 saturated carbocycles. The number of rotatable bonds is 4. The summed E-state index contributed by atoms with van der Waals surface area (Å²) < 4.78 is 28.2. The van der Waals surface area contributed by atoms with E-state index in [0.717, 1.165) is 5.56 Å². The van der Waals surface area contributed by atoms with E-state index in [1.165, 1.54) is 0 Å². The largest absolute Gasteiger partial charge is 0.497 e. The average molecular weight is 374 g/mol. The topological polar surface area (TPSA) is 86.6 Å². The Hall–Kier alpha value is -2.16. The lowest BCUT2D eigenvalue weighted by Gasteiger charge is -2.46. The van der Waals surface area contributed by atoms with Crippen LogP contribution in [0.15, 0.2) is 54.6 Å². The third-order valence-electron chi connectivity index (χ3n) is 4.72. The van der Waals surface area contributed by atoms with Gasteiger partial charge in [-0.1, -0.05) is 30.3 Å². The lowest BCUT2D eigenvalue weighted by molar-refractivity contribution is -0.350. The summed E-state index contributed by atoms with van der Waals surface area (Å²) in [6.07, 6.45) is -5.33. The number of aliphatic hydroxyl groups is 2. The fourth-order valence-electron chi connectivity index (χ4n) is 3.24. The Balaban J connectivity index is 1.43. The predicted molar refractivity (Wildman–Crippen MR) is 94.3 cm³/mol. The van der Waals surface area contributed by atoms with E-state index in [1.54, 1.807) is 31.4 Å². The first-order chi connectivity index (χ1) is 13.2. The van der Waals surface area contributed by atoms with Gasteiger partial charge in [0.2, 0.25) is 6.29 Å². The zero-order chi connectivity index (χ0) is 18.8. The highest BCUT2D eigenvalue weighted by Crippen LogP contribution is 2.34. The lowest BCUT2D eigenvalue weighted by Crippen LogP contribution is -2.62. The SMILES string of the molecule is COc1ccc(OC2OC3COC(c4ccccc4)OC3C(O)C2O)cc1. The minimum absolute atomic E-state index is 0.219. The maximum atomic E-state index is 10.6. The van der Waals surface area contributed by atoms with Gasteiger partial charge in [0.15, 0.2) is 6.29 Å². The highest BCUT2D eigenvalue weighted by atomic mass is 16.8. The molecular weight excluding hydrogens is 352 g/mol. The number of benzene rings is 2. The Morgan fingerprint density at radius 1 is 0.889 bits per heavy atom. The minimum atomic E-state index is -1.26. The number of aliphatic hydroxyl groups excluding tert-OH is 2. The quantitative estimate of drug-likeness (QED) is 0.841. The van der Waals surface area contributed by atoms with Crippen molar-refractivity contribution in [3.63, 3.8) is 0 Å². The summed E-state index contributed by atoms with van der Waals surface area (Å²) in [5.74, 6) is 1.18. The number of hydrogen-bond donors (Lipinski definition) is 2. The number of fused-ring (bicyclic) bond motifs is 1. The molecule has 2 N–H and O–H groups in total. The van der Waals surface area contributed by atoms with Crippen molar-refractivity contribution in [1.29, 1.82) is 0 Å². The van der Waals surface area contributed by atoms with Crippen molar-refractivity contribution in [3.05, 3.63) is 60.2 Å². The van der Waals surface area contributed by atoms with E-state index in [2.05, 4.69) is 0 Å². The molecule has 2 aliphatic heterocycles. The van der Waals surface area contributed by atoms with Gasteiger partial charge >= 0.3 is 0 Å². The van der Waals surface area contributed by atoms with Crippen molar-refractivity contribution in [3.8, 4) is 11.5 Å². The molecule has 2 saturated heterocycles. The van der Waals surface area contributed by atoms with Gasteiger partial charge in [0, 0.05) is 5.56 Å². The molecule has 2 fully saturated rings. The molecule has 2 aromatic carbocycles. The summed E-state index contributed by atoms with van der Waals surface area (Å²) in [6.45, 7) is 0.219.